The maximum Gasteiger partial charge on any atom is 0.236 e. The quantitative estimate of drug-likeness (QED) is 0.841. The molecule has 0 aliphatic heterocycles. The average Bonchev–Trinajstić information content (AvgIpc) is 2.41. The van der Waals surface area contributed by atoms with Crippen molar-refractivity contribution in [2.24, 2.45) is 0 Å². The molecule has 5 nitrogen and oxygen atoms in total. The molecule has 2 aromatic carbocycles. The molecule has 0 amide bonds. The summed E-state index contributed by atoms with van der Waals surface area (Å²) in [4.78, 5) is 0. The monoisotopic (exact) mass is 287 g/mol. The first-order valence-electron chi connectivity index (χ1n) is 5.83. The summed E-state index contributed by atoms with van der Waals surface area (Å²) >= 11 is 0. The summed E-state index contributed by atoms with van der Waals surface area (Å²) in [5.41, 5.74) is 7.69. The van der Waals surface area contributed by atoms with Crippen LogP contribution in [0.25, 0.3) is 0 Å². The summed E-state index contributed by atoms with van der Waals surface area (Å²) in [6, 6.07) is 14.9. The van der Waals surface area contributed by atoms with E-state index in [9.17, 15) is 8.42 Å². The molecule has 0 saturated heterocycles. The van der Waals surface area contributed by atoms with Gasteiger partial charge in [0.2, 0.25) is 10.0 Å². The lowest BCUT2D eigenvalue weighted by Crippen LogP contribution is -2.15. The van der Waals surface area contributed by atoms with Crippen molar-refractivity contribution in [2.75, 3.05) is 10.5 Å². The van der Waals surface area contributed by atoms with E-state index in [0.29, 0.717) is 22.5 Å². The highest BCUT2D eigenvalue weighted by Gasteiger charge is 2.11. The lowest BCUT2D eigenvalue weighted by Gasteiger charge is -2.08. The summed E-state index contributed by atoms with van der Waals surface area (Å²) in [5, 5.41) is 8.69. The van der Waals surface area contributed by atoms with E-state index in [-0.39, 0.29) is 5.75 Å². The van der Waals surface area contributed by atoms with Crippen LogP contribution in [0.3, 0.4) is 0 Å². The number of benzene rings is 2. The predicted octanol–water partition coefficient (Wildman–Crippen LogP) is 2.08. The van der Waals surface area contributed by atoms with Gasteiger partial charge in [0.1, 0.15) is 0 Å². The van der Waals surface area contributed by atoms with Gasteiger partial charge in [0.15, 0.2) is 0 Å². The first-order chi connectivity index (χ1) is 9.48. The average molecular weight is 287 g/mol. The maximum absolute atomic E-state index is 12.0. The third-order valence-corrected chi connectivity index (χ3v) is 3.88. The number of nitrogens with one attached hydrogen (secondary N) is 1. The molecule has 0 aliphatic carbocycles. The first-order valence-corrected chi connectivity index (χ1v) is 7.49. The van der Waals surface area contributed by atoms with Crippen LogP contribution in [0.5, 0.6) is 0 Å². The van der Waals surface area contributed by atoms with Crippen molar-refractivity contribution in [1.82, 2.24) is 0 Å². The van der Waals surface area contributed by atoms with Gasteiger partial charge in [-0.15, -0.1) is 0 Å². The summed E-state index contributed by atoms with van der Waals surface area (Å²) in [5.74, 6) is -0.150. The van der Waals surface area contributed by atoms with Crippen LogP contribution in [0.1, 0.15) is 11.1 Å². The molecular weight excluding hydrogens is 274 g/mol. The molecule has 0 saturated carbocycles. The van der Waals surface area contributed by atoms with Crippen molar-refractivity contribution >= 4 is 21.4 Å². The van der Waals surface area contributed by atoms with Gasteiger partial charge in [-0.3, -0.25) is 4.72 Å². The molecule has 0 bridgehead atoms. The van der Waals surface area contributed by atoms with Crippen LogP contribution in [-0.4, -0.2) is 8.42 Å². The molecule has 6 heteroatoms. The summed E-state index contributed by atoms with van der Waals surface area (Å²) in [7, 11) is -3.49. The van der Waals surface area contributed by atoms with Gasteiger partial charge >= 0.3 is 0 Å². The number of sulfonamides is 1. The normalized spacial score (nSPS) is 10.8. The summed E-state index contributed by atoms with van der Waals surface area (Å²) < 4.78 is 26.5. The Labute approximate surface area is 117 Å². The second-order valence-electron chi connectivity index (χ2n) is 4.29. The van der Waals surface area contributed by atoms with Crippen LogP contribution in [-0.2, 0) is 15.8 Å². The number of nitrogens with two attached hydrogens (primary N) is 1. The van der Waals surface area contributed by atoms with Crippen LogP contribution in [0, 0.1) is 11.3 Å². The Hall–Kier alpha value is -2.52. The number of nitriles is 1. The molecule has 20 heavy (non-hydrogen) atoms. The number of hydrogen-bond acceptors (Lipinski definition) is 4. The van der Waals surface area contributed by atoms with E-state index in [4.69, 9.17) is 11.0 Å². The topological polar surface area (TPSA) is 96.0 Å². The highest BCUT2D eigenvalue weighted by molar-refractivity contribution is 7.91. The van der Waals surface area contributed by atoms with Gasteiger partial charge in [-0.1, -0.05) is 12.1 Å². The molecule has 0 radical (unpaired) electrons. The number of nitrogen functional groups attached to an aromatic ring is 1. The molecule has 3 N–H and O–H groups in total. The Morgan fingerprint density at radius 3 is 2.20 bits per heavy atom. The fourth-order valence-electron chi connectivity index (χ4n) is 1.66. The molecule has 0 heterocycles. The fourth-order valence-corrected chi connectivity index (χ4v) is 2.86. The predicted molar refractivity (Wildman–Crippen MR) is 78.3 cm³/mol. The van der Waals surface area contributed by atoms with Crippen molar-refractivity contribution in [3.63, 3.8) is 0 Å². The van der Waals surface area contributed by atoms with E-state index < -0.39 is 10.0 Å². The Kier molecular flexibility index (Phi) is 3.91. The van der Waals surface area contributed by atoms with Crippen molar-refractivity contribution in [3.8, 4) is 6.07 Å². The van der Waals surface area contributed by atoms with Crippen molar-refractivity contribution < 1.29 is 8.42 Å². The van der Waals surface area contributed by atoms with Crippen LogP contribution in [0.15, 0.2) is 48.5 Å². The first kappa shape index (κ1) is 13.9. The molecule has 0 aliphatic rings. The Morgan fingerprint density at radius 1 is 1.05 bits per heavy atom. The molecule has 0 fully saturated rings. The number of hydrogen-bond donors (Lipinski definition) is 2. The molecule has 102 valence electrons. The molecule has 0 spiro atoms. The van der Waals surface area contributed by atoms with E-state index in [1.807, 2.05) is 6.07 Å². The highest BCUT2D eigenvalue weighted by Crippen LogP contribution is 2.15. The van der Waals surface area contributed by atoms with E-state index in [2.05, 4.69) is 4.72 Å². The Morgan fingerprint density at radius 2 is 1.65 bits per heavy atom. The molecule has 0 aromatic heterocycles. The number of nitrogens with zero attached hydrogens (tertiary/aromatic N) is 1. The summed E-state index contributed by atoms with van der Waals surface area (Å²) in [6.45, 7) is 0. The van der Waals surface area contributed by atoms with Crippen molar-refractivity contribution in [2.45, 2.75) is 5.75 Å². The minimum Gasteiger partial charge on any atom is -0.399 e. The van der Waals surface area contributed by atoms with Gasteiger partial charge in [0, 0.05) is 11.4 Å². The van der Waals surface area contributed by atoms with Crippen LogP contribution in [0.4, 0.5) is 11.4 Å². The molecule has 2 rings (SSSR count). The number of anilines is 2. The summed E-state index contributed by atoms with van der Waals surface area (Å²) in [6.07, 6.45) is 0. The zero-order valence-electron chi connectivity index (χ0n) is 10.6. The van der Waals surface area contributed by atoms with Gasteiger partial charge < -0.3 is 5.73 Å². The lowest BCUT2D eigenvalue weighted by atomic mass is 10.2. The van der Waals surface area contributed by atoms with Crippen LogP contribution in [0.2, 0.25) is 0 Å². The fraction of sp³-hybridized carbons (Fsp3) is 0.0714. The maximum atomic E-state index is 12.0. The minimum atomic E-state index is -3.49. The van der Waals surface area contributed by atoms with Crippen molar-refractivity contribution in [1.29, 1.82) is 5.26 Å². The Balaban J connectivity index is 2.10. The van der Waals surface area contributed by atoms with E-state index >= 15 is 0 Å². The van der Waals surface area contributed by atoms with Gasteiger partial charge in [-0.25, -0.2) is 8.42 Å². The van der Waals surface area contributed by atoms with E-state index in [1.54, 1.807) is 48.5 Å². The van der Waals surface area contributed by atoms with Gasteiger partial charge in [0.25, 0.3) is 0 Å². The highest BCUT2D eigenvalue weighted by atomic mass is 32.2. The van der Waals surface area contributed by atoms with Crippen LogP contribution < -0.4 is 10.5 Å². The molecule has 0 unspecified atom stereocenters. The third-order valence-electron chi connectivity index (χ3n) is 2.62. The van der Waals surface area contributed by atoms with Crippen LogP contribution >= 0.6 is 0 Å². The minimum absolute atomic E-state index is 0.150. The second-order valence-corrected chi connectivity index (χ2v) is 6.01. The largest absolute Gasteiger partial charge is 0.399 e. The van der Waals surface area contributed by atoms with Gasteiger partial charge in [-0.05, 0) is 42.0 Å². The van der Waals surface area contributed by atoms with Crippen molar-refractivity contribution in [3.05, 3.63) is 59.7 Å². The van der Waals surface area contributed by atoms with Gasteiger partial charge in [-0.2, -0.15) is 5.26 Å². The third kappa shape index (κ3) is 3.73. The standard InChI is InChI=1S/C14H13N3O2S/c15-9-11-1-3-12(4-2-11)10-20(18,19)17-14-7-5-13(16)6-8-14/h1-8,17H,10,16H2. The number of rotatable bonds is 4. The second kappa shape index (κ2) is 5.63. The van der Waals surface area contributed by atoms with E-state index in [0.717, 1.165) is 0 Å². The molecular formula is C14H13N3O2S. The Bertz CT molecular complexity index is 729. The van der Waals surface area contributed by atoms with E-state index in [1.165, 1.54) is 0 Å². The zero-order valence-corrected chi connectivity index (χ0v) is 11.4. The zero-order chi connectivity index (χ0) is 14.6. The smallest absolute Gasteiger partial charge is 0.236 e. The van der Waals surface area contributed by atoms with Gasteiger partial charge in [0.05, 0.1) is 17.4 Å². The molecule has 0 atom stereocenters. The SMILES string of the molecule is N#Cc1ccc(CS(=O)(=O)Nc2ccc(N)cc2)cc1. The molecule has 2 aromatic rings. The lowest BCUT2D eigenvalue weighted by molar-refractivity contribution is 0.600.